The third kappa shape index (κ3) is 7.35. The van der Waals surface area contributed by atoms with Crippen molar-refractivity contribution in [2.24, 2.45) is 11.0 Å². The van der Waals surface area contributed by atoms with Gasteiger partial charge in [-0.2, -0.15) is 5.10 Å². The molecular formula is C12H20N2. The van der Waals surface area contributed by atoms with Crippen molar-refractivity contribution in [3.63, 3.8) is 0 Å². The van der Waals surface area contributed by atoms with E-state index in [-0.39, 0.29) is 0 Å². The lowest BCUT2D eigenvalue weighted by Gasteiger charge is -2.06. The smallest absolute Gasteiger partial charge is 0.0316 e. The lowest BCUT2D eigenvalue weighted by atomic mass is 10.1. The highest BCUT2D eigenvalue weighted by atomic mass is 15.4. The third-order valence-corrected chi connectivity index (χ3v) is 1.59. The minimum Gasteiger partial charge on any atom is -0.303 e. The average molecular weight is 192 g/mol. The van der Waals surface area contributed by atoms with Crippen LogP contribution < -0.4 is 0 Å². The minimum absolute atomic E-state index is 0.339. The molecule has 0 aromatic carbocycles. The largest absolute Gasteiger partial charge is 0.303 e. The van der Waals surface area contributed by atoms with Gasteiger partial charge in [0.15, 0.2) is 0 Å². The van der Waals surface area contributed by atoms with Crippen molar-refractivity contribution < 1.29 is 0 Å². The van der Waals surface area contributed by atoms with Gasteiger partial charge in [-0.25, -0.2) is 0 Å². The van der Waals surface area contributed by atoms with E-state index in [1.807, 2.05) is 51.5 Å². The van der Waals surface area contributed by atoms with Gasteiger partial charge < -0.3 is 5.01 Å². The van der Waals surface area contributed by atoms with Gasteiger partial charge in [-0.3, -0.25) is 0 Å². The zero-order chi connectivity index (χ0) is 10.8. The van der Waals surface area contributed by atoms with Crippen LogP contribution in [-0.4, -0.2) is 25.3 Å². The molecule has 14 heavy (non-hydrogen) atoms. The van der Waals surface area contributed by atoms with Gasteiger partial charge in [0.25, 0.3) is 0 Å². The van der Waals surface area contributed by atoms with E-state index in [2.05, 4.69) is 17.8 Å². The van der Waals surface area contributed by atoms with Crippen molar-refractivity contribution >= 4 is 6.21 Å². The number of allylic oxidation sites excluding steroid dienone is 5. The van der Waals surface area contributed by atoms with Gasteiger partial charge in [0.2, 0.25) is 0 Å². The van der Waals surface area contributed by atoms with Crippen LogP contribution in [0.5, 0.6) is 0 Å². The van der Waals surface area contributed by atoms with Gasteiger partial charge in [-0.05, 0) is 13.3 Å². The van der Waals surface area contributed by atoms with Crippen molar-refractivity contribution in [1.29, 1.82) is 0 Å². The number of nitrogens with zero attached hydrogens (tertiary/aromatic N) is 2. The molecule has 2 heteroatoms. The second-order valence-electron chi connectivity index (χ2n) is 3.21. The number of hydrazone groups is 1. The summed E-state index contributed by atoms with van der Waals surface area (Å²) in [5.41, 5.74) is 0. The maximum Gasteiger partial charge on any atom is 0.0316 e. The Balaban J connectivity index is 4.20. The van der Waals surface area contributed by atoms with Crippen LogP contribution >= 0.6 is 0 Å². The van der Waals surface area contributed by atoms with E-state index in [1.54, 1.807) is 5.01 Å². The highest BCUT2D eigenvalue weighted by Crippen LogP contribution is 2.03. The van der Waals surface area contributed by atoms with Crippen LogP contribution in [0.25, 0.3) is 0 Å². The number of hydrogen-bond donors (Lipinski definition) is 0. The summed E-state index contributed by atoms with van der Waals surface area (Å²) < 4.78 is 0. The zero-order valence-electron chi connectivity index (χ0n) is 9.35. The predicted octanol–water partition coefficient (Wildman–Crippen LogP) is 2.86. The summed E-state index contributed by atoms with van der Waals surface area (Å²) in [5.74, 6) is 0.339. The third-order valence-electron chi connectivity index (χ3n) is 1.59. The minimum atomic E-state index is 0.339. The van der Waals surface area contributed by atoms with Crippen LogP contribution in [0.4, 0.5) is 0 Å². The first-order valence-corrected chi connectivity index (χ1v) is 4.82. The van der Waals surface area contributed by atoms with E-state index in [1.165, 1.54) is 0 Å². The van der Waals surface area contributed by atoms with E-state index in [0.717, 1.165) is 6.42 Å². The Morgan fingerprint density at radius 3 is 2.57 bits per heavy atom. The molecule has 0 aliphatic carbocycles. The number of rotatable bonds is 6. The Hall–Kier alpha value is -1.31. The van der Waals surface area contributed by atoms with Gasteiger partial charge in [0, 0.05) is 26.2 Å². The standard InChI is InChI=1S/C12H20N2/c1-5-7-8-10-12(9-6-2)11-13-14(3)4/h5-8,10-12H,2,9H2,1,3-4H3/b7-5-,10-8+,13-11+. The topological polar surface area (TPSA) is 15.6 Å². The first kappa shape index (κ1) is 12.7. The van der Waals surface area contributed by atoms with E-state index >= 15 is 0 Å². The fourth-order valence-electron chi connectivity index (χ4n) is 0.919. The zero-order valence-corrected chi connectivity index (χ0v) is 9.35. The Labute approximate surface area is 87.3 Å². The maximum absolute atomic E-state index is 4.21. The molecule has 0 saturated heterocycles. The van der Waals surface area contributed by atoms with E-state index < -0.39 is 0 Å². The maximum atomic E-state index is 4.21. The first-order valence-electron chi connectivity index (χ1n) is 4.82. The monoisotopic (exact) mass is 192 g/mol. The van der Waals surface area contributed by atoms with Crippen LogP contribution in [-0.2, 0) is 0 Å². The molecule has 0 aromatic heterocycles. The Morgan fingerprint density at radius 1 is 1.36 bits per heavy atom. The quantitative estimate of drug-likeness (QED) is 0.273. The van der Waals surface area contributed by atoms with Crippen molar-refractivity contribution in [2.75, 3.05) is 14.1 Å². The molecular weight excluding hydrogens is 172 g/mol. The molecule has 0 rings (SSSR count). The Kier molecular flexibility index (Phi) is 7.52. The van der Waals surface area contributed by atoms with Gasteiger partial charge >= 0.3 is 0 Å². The van der Waals surface area contributed by atoms with Crippen molar-refractivity contribution in [1.82, 2.24) is 5.01 Å². The van der Waals surface area contributed by atoms with Crippen molar-refractivity contribution in [2.45, 2.75) is 13.3 Å². The number of hydrogen-bond acceptors (Lipinski definition) is 2. The van der Waals surface area contributed by atoms with Crippen molar-refractivity contribution in [3.05, 3.63) is 37.0 Å². The molecule has 1 atom stereocenters. The van der Waals surface area contributed by atoms with E-state index in [4.69, 9.17) is 0 Å². The predicted molar refractivity (Wildman–Crippen MR) is 64.4 cm³/mol. The Bertz CT molecular complexity index is 224. The SMILES string of the molecule is C=CCC(/C=C/C=C\C)/C=N/N(C)C. The van der Waals surface area contributed by atoms with Crippen LogP contribution in [0.2, 0.25) is 0 Å². The molecule has 78 valence electrons. The van der Waals surface area contributed by atoms with E-state index in [0.29, 0.717) is 5.92 Å². The fraction of sp³-hybridized carbons (Fsp3) is 0.417. The second-order valence-corrected chi connectivity index (χ2v) is 3.21. The summed E-state index contributed by atoms with van der Waals surface area (Å²) in [7, 11) is 3.83. The molecule has 0 amide bonds. The molecule has 0 bridgehead atoms. The molecule has 0 aliphatic heterocycles. The summed E-state index contributed by atoms with van der Waals surface area (Å²) in [4.78, 5) is 0. The molecule has 0 saturated carbocycles. The molecule has 2 nitrogen and oxygen atoms in total. The fourth-order valence-corrected chi connectivity index (χ4v) is 0.919. The highest BCUT2D eigenvalue weighted by molar-refractivity contribution is 5.63. The van der Waals surface area contributed by atoms with Crippen LogP contribution in [0, 0.1) is 5.92 Å². The molecule has 0 heterocycles. The second kappa shape index (κ2) is 8.30. The summed E-state index contributed by atoms with van der Waals surface area (Å²) in [5, 5.41) is 6.00. The molecule has 1 unspecified atom stereocenters. The molecule has 0 spiro atoms. The average Bonchev–Trinajstić information content (AvgIpc) is 2.14. The van der Waals surface area contributed by atoms with Crippen LogP contribution in [0.15, 0.2) is 42.1 Å². The lowest BCUT2D eigenvalue weighted by Crippen LogP contribution is -2.05. The van der Waals surface area contributed by atoms with Crippen molar-refractivity contribution in [3.8, 4) is 0 Å². The lowest BCUT2D eigenvalue weighted by molar-refractivity contribution is 0.437. The van der Waals surface area contributed by atoms with Gasteiger partial charge in [0.05, 0.1) is 0 Å². The Morgan fingerprint density at radius 2 is 2.07 bits per heavy atom. The summed E-state index contributed by atoms with van der Waals surface area (Å²) >= 11 is 0. The molecule has 0 radical (unpaired) electrons. The summed E-state index contributed by atoms with van der Waals surface area (Å²) in [6, 6.07) is 0. The van der Waals surface area contributed by atoms with Crippen LogP contribution in [0.1, 0.15) is 13.3 Å². The molecule has 0 aliphatic rings. The molecule has 0 aromatic rings. The normalized spacial score (nSPS) is 14.2. The first-order chi connectivity index (χ1) is 6.70. The van der Waals surface area contributed by atoms with Gasteiger partial charge in [-0.15, -0.1) is 6.58 Å². The molecule has 0 N–H and O–H groups in total. The van der Waals surface area contributed by atoms with E-state index in [9.17, 15) is 0 Å². The molecule has 0 fully saturated rings. The highest BCUT2D eigenvalue weighted by Gasteiger charge is 1.96. The summed E-state index contributed by atoms with van der Waals surface area (Å²) in [6.07, 6.45) is 12.9. The summed E-state index contributed by atoms with van der Waals surface area (Å²) in [6.45, 7) is 5.73. The van der Waals surface area contributed by atoms with Gasteiger partial charge in [0.1, 0.15) is 0 Å². The van der Waals surface area contributed by atoms with Gasteiger partial charge in [-0.1, -0.05) is 30.4 Å². The van der Waals surface area contributed by atoms with Crippen LogP contribution in [0.3, 0.4) is 0 Å².